The number of esters is 1. The number of nitrogens with one attached hydrogen (secondary N) is 1. The second-order valence-corrected chi connectivity index (χ2v) is 12.5. The quantitative estimate of drug-likeness (QED) is 0.0238. The van der Waals surface area contributed by atoms with Crippen molar-refractivity contribution in [3.8, 4) is 34.1 Å². The Hall–Kier alpha value is -6.33. The molecule has 4 rings (SSSR count). The van der Waals surface area contributed by atoms with Gasteiger partial charge in [-0.2, -0.15) is 0 Å². The number of methoxy groups -OCH3 is 3. The number of carbonyl (C=O) groups is 4. The Bertz CT molecular complexity index is 1770. The number of hydrogen-bond donors (Lipinski definition) is 1. The van der Waals surface area contributed by atoms with E-state index in [1.165, 1.54) is 24.8 Å². The Morgan fingerprint density at radius 2 is 1.02 bits per heavy atom. The molecule has 11 heteroatoms. The Labute approximate surface area is 349 Å². The number of rotatable bonds is 24. The number of benzene rings is 4. The Morgan fingerprint density at radius 3 is 1.42 bits per heavy atom. The minimum atomic E-state index is -0.368. The molecule has 0 atom stereocenters. The highest BCUT2D eigenvalue weighted by Crippen LogP contribution is 2.28. The third-order valence-electron chi connectivity index (χ3n) is 8.17. The molecule has 4 aromatic carbocycles. The second kappa shape index (κ2) is 33.8. The van der Waals surface area contributed by atoms with Gasteiger partial charge in [-0.1, -0.05) is 37.8 Å². The maximum Gasteiger partial charge on any atom is 0.330 e. The van der Waals surface area contributed by atoms with Crippen molar-refractivity contribution in [2.45, 2.75) is 51.4 Å². The van der Waals surface area contributed by atoms with Crippen LogP contribution in [0.1, 0.15) is 77.6 Å². The van der Waals surface area contributed by atoms with Crippen molar-refractivity contribution >= 4 is 31.0 Å². The summed E-state index contributed by atoms with van der Waals surface area (Å²) in [5.74, 6) is 2.81. The molecule has 0 saturated heterocycles. The number of carbonyl (C=O) groups excluding carboxylic acids is 4. The van der Waals surface area contributed by atoms with E-state index >= 15 is 0 Å². The van der Waals surface area contributed by atoms with Gasteiger partial charge in [0.05, 0.1) is 34.0 Å². The van der Waals surface area contributed by atoms with Crippen LogP contribution < -0.4 is 18.9 Å². The fourth-order valence-corrected chi connectivity index (χ4v) is 4.98. The summed E-state index contributed by atoms with van der Waals surface area (Å²) in [4.78, 5) is 40.8. The molecule has 0 aliphatic rings. The van der Waals surface area contributed by atoms with Crippen LogP contribution in [-0.2, 0) is 19.1 Å². The molecule has 0 aliphatic carbocycles. The maximum absolute atomic E-state index is 10.8. The lowest BCUT2D eigenvalue weighted by atomic mass is 10.00. The second-order valence-electron chi connectivity index (χ2n) is 12.5. The van der Waals surface area contributed by atoms with E-state index in [2.05, 4.69) is 13.2 Å². The maximum atomic E-state index is 10.8. The van der Waals surface area contributed by atoms with Crippen LogP contribution in [0.4, 0.5) is 0 Å². The van der Waals surface area contributed by atoms with Crippen LogP contribution in [-0.4, -0.2) is 78.8 Å². The van der Waals surface area contributed by atoms with Gasteiger partial charge in [0.25, 0.3) is 0 Å². The molecule has 0 bridgehead atoms. The zero-order valence-electron chi connectivity index (χ0n) is 34.6. The van der Waals surface area contributed by atoms with Crippen LogP contribution in [0, 0.1) is 5.41 Å². The van der Waals surface area contributed by atoms with Crippen molar-refractivity contribution < 1.29 is 47.6 Å². The van der Waals surface area contributed by atoms with Crippen LogP contribution in [0.5, 0.6) is 23.0 Å². The molecule has 0 unspecified atom stereocenters. The van der Waals surface area contributed by atoms with Crippen LogP contribution >= 0.6 is 0 Å². The molecule has 0 aromatic heterocycles. The van der Waals surface area contributed by atoms with Crippen LogP contribution in [0.2, 0.25) is 0 Å². The van der Waals surface area contributed by atoms with Crippen molar-refractivity contribution in [3.63, 3.8) is 0 Å². The van der Waals surface area contributed by atoms with E-state index in [9.17, 15) is 14.4 Å². The van der Waals surface area contributed by atoms with Gasteiger partial charge >= 0.3 is 5.97 Å². The molecule has 0 aliphatic heterocycles. The van der Waals surface area contributed by atoms with Crippen molar-refractivity contribution in [2.75, 3.05) is 47.8 Å². The topological polar surface area (TPSA) is 148 Å². The molecule has 316 valence electrons. The van der Waals surface area contributed by atoms with Crippen molar-refractivity contribution in [1.29, 1.82) is 5.41 Å². The van der Waals surface area contributed by atoms with Gasteiger partial charge in [0.1, 0.15) is 41.9 Å². The van der Waals surface area contributed by atoms with Gasteiger partial charge in [0.2, 0.25) is 0 Å². The average Bonchev–Trinajstić information content (AvgIpc) is 3.30. The minimum Gasteiger partial charge on any atom is -0.497 e. The summed E-state index contributed by atoms with van der Waals surface area (Å²) in [5, 5.41) is 7.48. The lowest BCUT2D eigenvalue weighted by molar-refractivity contribution is -0.137. The monoisotopic (exact) mass is 809 g/mol. The van der Waals surface area contributed by atoms with E-state index in [1.54, 1.807) is 57.7 Å². The molecule has 1 N–H and O–H groups in total. The van der Waals surface area contributed by atoms with Crippen LogP contribution in [0.15, 0.2) is 116 Å². The summed E-state index contributed by atoms with van der Waals surface area (Å²) in [6.07, 6.45) is 14.3. The number of unbranched alkanes of at least 4 members (excludes halogenated alkanes) is 6. The Balaban J connectivity index is 0.000000423. The van der Waals surface area contributed by atoms with Crippen molar-refractivity contribution in [2.24, 2.45) is 0 Å². The lowest BCUT2D eigenvalue weighted by Crippen LogP contribution is -2.02. The largest absolute Gasteiger partial charge is 0.497 e. The molecule has 11 nitrogen and oxygen atoms in total. The summed E-state index contributed by atoms with van der Waals surface area (Å²) in [7, 11) is 4.99. The van der Waals surface area contributed by atoms with E-state index in [4.69, 9.17) is 38.6 Å². The van der Waals surface area contributed by atoms with Gasteiger partial charge < -0.3 is 33.8 Å². The summed E-state index contributed by atoms with van der Waals surface area (Å²) < 4.78 is 31.3. The average molecular weight is 810 g/mol. The summed E-state index contributed by atoms with van der Waals surface area (Å²) in [5.41, 5.74) is 4.22. The van der Waals surface area contributed by atoms with Crippen LogP contribution in [0.25, 0.3) is 11.1 Å². The van der Waals surface area contributed by atoms with Crippen molar-refractivity contribution in [1.82, 2.24) is 0 Å². The summed E-state index contributed by atoms with van der Waals surface area (Å²) in [6, 6.07) is 27.7. The number of aldehydes is 3. The van der Waals surface area contributed by atoms with Gasteiger partial charge in [-0.15, -0.1) is 0 Å². The number of allylic oxidation sites excluding steroid dienone is 1. The molecule has 59 heavy (non-hydrogen) atoms. The Kier molecular flexibility index (Phi) is 29.0. The Morgan fingerprint density at radius 1 is 0.576 bits per heavy atom. The highest BCUT2D eigenvalue weighted by molar-refractivity contribution is 5.89. The first-order valence-corrected chi connectivity index (χ1v) is 19.4. The zero-order chi connectivity index (χ0) is 43.4. The normalized spacial score (nSPS) is 9.61. The molecule has 0 saturated carbocycles. The van der Waals surface area contributed by atoms with Gasteiger partial charge in [-0.25, -0.2) is 4.79 Å². The fourth-order valence-electron chi connectivity index (χ4n) is 4.98. The predicted octanol–water partition coefficient (Wildman–Crippen LogP) is 9.99. The lowest BCUT2D eigenvalue weighted by Gasteiger charge is -2.09. The third-order valence-corrected chi connectivity index (χ3v) is 8.17. The molecule has 0 fully saturated rings. The van der Waals surface area contributed by atoms with Gasteiger partial charge in [0.15, 0.2) is 0 Å². The number of ether oxygens (including phenoxy) is 6. The van der Waals surface area contributed by atoms with Gasteiger partial charge in [-0.05, 0) is 135 Å². The van der Waals surface area contributed by atoms with E-state index in [0.29, 0.717) is 30.6 Å². The molecular formula is C48H59NO10. The summed E-state index contributed by atoms with van der Waals surface area (Å²) >= 11 is 0. The highest BCUT2D eigenvalue weighted by atomic mass is 16.5. The minimum absolute atomic E-state index is 0.368. The third kappa shape index (κ3) is 23.5. The zero-order valence-corrected chi connectivity index (χ0v) is 34.6. The molecule has 0 heterocycles. The van der Waals surface area contributed by atoms with Gasteiger partial charge in [-0.3, -0.25) is 14.4 Å². The number of hydrogen-bond acceptors (Lipinski definition) is 11. The van der Waals surface area contributed by atoms with Crippen molar-refractivity contribution in [3.05, 3.63) is 133 Å². The first kappa shape index (κ1) is 50.7. The van der Waals surface area contributed by atoms with Gasteiger partial charge in [0, 0.05) is 42.7 Å². The molecule has 0 radical (unpaired) electrons. The molecular weight excluding hydrogens is 751 g/mol. The first-order chi connectivity index (χ1) is 28.8. The predicted molar refractivity (Wildman–Crippen MR) is 234 cm³/mol. The van der Waals surface area contributed by atoms with Crippen LogP contribution in [0.3, 0.4) is 0 Å². The SMILES string of the molecule is C=CC(=O)OCCCCCCOc1ccc(C=O)cc1.C=CC=O.COCCCCCCOc1ccc(C=O)cc1.COc1ccc(-c2ccc(OC)cc2C=N)cc1. The van der Waals surface area contributed by atoms with E-state index in [0.717, 1.165) is 110 Å². The molecule has 0 amide bonds. The first-order valence-electron chi connectivity index (χ1n) is 19.4. The standard InChI is InChI=1S/C16H20O4.C15H15NO2.C14H20O3.C3H4O/c1-2-16(18)20-12-6-4-3-5-11-19-15-9-7-14(13-17)8-10-15;1-17-13-5-3-11(4-6-13)15-8-7-14(18-2)9-12(15)10-16;1-16-10-4-2-3-5-11-17-14-8-6-13(12-15)7-9-14;1-2-3-4/h2,7-10,13H,1,3-6,11-12H2;3-10,16H,1-2H3;6-9,12H,2-5,10-11H2,1H3;2-3H,1H2. The van der Waals surface area contributed by atoms with E-state index < -0.39 is 0 Å². The molecule has 4 aromatic rings. The molecule has 0 spiro atoms. The summed E-state index contributed by atoms with van der Waals surface area (Å²) in [6.45, 7) is 9.10. The highest BCUT2D eigenvalue weighted by Gasteiger charge is 2.05. The van der Waals surface area contributed by atoms with E-state index in [-0.39, 0.29) is 5.97 Å². The smallest absolute Gasteiger partial charge is 0.330 e. The van der Waals surface area contributed by atoms with E-state index in [1.807, 2.05) is 54.6 Å². The fraction of sp³-hybridized carbons (Fsp3) is 0.312.